The molecule has 0 spiro atoms. The zero-order valence-electron chi connectivity index (χ0n) is 13.5. The van der Waals surface area contributed by atoms with Crippen molar-refractivity contribution in [1.29, 1.82) is 0 Å². The van der Waals surface area contributed by atoms with Crippen LogP contribution in [0.5, 0.6) is 11.5 Å². The van der Waals surface area contributed by atoms with Crippen LogP contribution in [0.2, 0.25) is 0 Å². The minimum Gasteiger partial charge on any atom is -0.493 e. The molecule has 1 aromatic rings. The minimum atomic E-state index is 0.0142. The van der Waals surface area contributed by atoms with Gasteiger partial charge in [0.25, 0.3) is 0 Å². The van der Waals surface area contributed by atoms with Crippen molar-refractivity contribution in [3.63, 3.8) is 0 Å². The smallest absolute Gasteiger partial charge is 0.241 e. The zero-order valence-corrected chi connectivity index (χ0v) is 14.3. The first-order chi connectivity index (χ1) is 11.1. The van der Waals surface area contributed by atoms with E-state index < -0.39 is 0 Å². The third-order valence-corrected chi connectivity index (χ3v) is 4.17. The van der Waals surface area contributed by atoms with Gasteiger partial charge < -0.3 is 14.8 Å². The van der Waals surface area contributed by atoms with Gasteiger partial charge in [0, 0.05) is 12.5 Å². The van der Waals surface area contributed by atoms with Gasteiger partial charge in [-0.3, -0.25) is 15.6 Å². The highest BCUT2D eigenvalue weighted by atomic mass is 32.1. The van der Waals surface area contributed by atoms with Gasteiger partial charge >= 0.3 is 0 Å². The van der Waals surface area contributed by atoms with Crippen LogP contribution in [0.4, 0.5) is 0 Å². The van der Waals surface area contributed by atoms with Crippen molar-refractivity contribution in [2.75, 3.05) is 20.8 Å². The average molecular weight is 337 g/mol. The largest absolute Gasteiger partial charge is 0.493 e. The molecular formula is C16H23N3O3S. The van der Waals surface area contributed by atoms with Crippen molar-refractivity contribution in [1.82, 2.24) is 16.2 Å². The molecule has 0 radical (unpaired) electrons. The predicted octanol–water partition coefficient (Wildman–Crippen LogP) is 1.54. The lowest BCUT2D eigenvalue weighted by Gasteiger charge is -2.24. The number of benzene rings is 1. The highest BCUT2D eigenvalue weighted by Gasteiger charge is 2.24. The van der Waals surface area contributed by atoms with Crippen LogP contribution in [0.3, 0.4) is 0 Å². The normalized spacial score (nSPS) is 13.7. The van der Waals surface area contributed by atoms with E-state index in [4.69, 9.17) is 21.7 Å². The summed E-state index contributed by atoms with van der Waals surface area (Å²) in [7, 11) is 3.23. The van der Waals surface area contributed by atoms with Crippen LogP contribution in [-0.2, 0) is 11.2 Å². The maximum Gasteiger partial charge on any atom is 0.241 e. The Bertz CT molecular complexity index is 562. The summed E-state index contributed by atoms with van der Waals surface area (Å²) < 4.78 is 10.5. The topological polar surface area (TPSA) is 71.6 Å². The van der Waals surface area contributed by atoms with E-state index in [2.05, 4.69) is 16.2 Å². The van der Waals surface area contributed by atoms with Gasteiger partial charge in [-0.1, -0.05) is 12.5 Å². The van der Waals surface area contributed by atoms with Crippen LogP contribution in [0.15, 0.2) is 18.2 Å². The molecule has 0 aliphatic heterocycles. The number of carbonyl (C=O) groups excluding carboxylic acids is 1. The van der Waals surface area contributed by atoms with Gasteiger partial charge in [-0.25, -0.2) is 0 Å². The number of ether oxygens (including phenoxy) is 2. The highest BCUT2D eigenvalue weighted by Crippen LogP contribution is 2.27. The molecule has 3 N–H and O–H groups in total. The number of thiocarbonyl (C=S) groups is 1. The molecule has 2 rings (SSSR count). The maximum absolute atomic E-state index is 11.7. The van der Waals surface area contributed by atoms with Gasteiger partial charge in [0.2, 0.25) is 5.91 Å². The van der Waals surface area contributed by atoms with Gasteiger partial charge in [-0.15, -0.1) is 0 Å². The fourth-order valence-electron chi connectivity index (χ4n) is 2.29. The number of rotatable bonds is 6. The number of hydrogen-bond donors (Lipinski definition) is 3. The Hall–Kier alpha value is -2.02. The molecule has 1 aromatic carbocycles. The summed E-state index contributed by atoms with van der Waals surface area (Å²) in [6, 6.07) is 5.80. The van der Waals surface area contributed by atoms with Gasteiger partial charge in [0.1, 0.15) is 0 Å². The summed E-state index contributed by atoms with van der Waals surface area (Å²) >= 11 is 5.14. The van der Waals surface area contributed by atoms with Crippen LogP contribution in [-0.4, -0.2) is 31.8 Å². The third-order valence-electron chi connectivity index (χ3n) is 3.92. The number of nitrogens with one attached hydrogen (secondary N) is 3. The van der Waals surface area contributed by atoms with Crippen LogP contribution < -0.4 is 25.6 Å². The molecule has 1 aliphatic rings. The lowest BCUT2D eigenvalue weighted by Crippen LogP contribution is -2.49. The number of carbonyl (C=O) groups is 1. The number of hydrazine groups is 1. The molecular weight excluding hydrogens is 314 g/mol. The first-order valence-electron chi connectivity index (χ1n) is 7.68. The van der Waals surface area contributed by atoms with E-state index in [1.807, 2.05) is 18.2 Å². The fourth-order valence-corrected chi connectivity index (χ4v) is 2.44. The molecule has 1 fully saturated rings. The van der Waals surface area contributed by atoms with E-state index in [9.17, 15) is 4.79 Å². The van der Waals surface area contributed by atoms with Gasteiger partial charge in [0.15, 0.2) is 16.6 Å². The molecule has 0 saturated heterocycles. The van der Waals surface area contributed by atoms with Crippen LogP contribution >= 0.6 is 12.2 Å². The van der Waals surface area contributed by atoms with Crippen molar-refractivity contribution in [2.45, 2.75) is 25.7 Å². The molecule has 1 amide bonds. The Kier molecular flexibility index (Phi) is 6.46. The van der Waals surface area contributed by atoms with Crippen molar-refractivity contribution in [3.8, 4) is 11.5 Å². The molecule has 0 aromatic heterocycles. The molecule has 1 saturated carbocycles. The Balaban J connectivity index is 1.69. The molecule has 6 nitrogen and oxygen atoms in total. The molecule has 0 heterocycles. The lowest BCUT2D eigenvalue weighted by molar-refractivity contribution is -0.127. The Morgan fingerprint density at radius 3 is 2.57 bits per heavy atom. The third kappa shape index (κ3) is 4.99. The van der Waals surface area contributed by atoms with Gasteiger partial charge in [-0.05, 0) is 49.2 Å². The average Bonchev–Trinajstić information content (AvgIpc) is 2.51. The molecule has 126 valence electrons. The predicted molar refractivity (Wildman–Crippen MR) is 92.5 cm³/mol. The Labute approximate surface area is 141 Å². The quantitative estimate of drug-likeness (QED) is 0.540. The molecule has 23 heavy (non-hydrogen) atoms. The monoisotopic (exact) mass is 337 g/mol. The summed E-state index contributed by atoms with van der Waals surface area (Å²) in [4.78, 5) is 11.7. The van der Waals surface area contributed by atoms with E-state index in [0.29, 0.717) is 23.2 Å². The van der Waals surface area contributed by atoms with Crippen LogP contribution in [0.25, 0.3) is 0 Å². The van der Waals surface area contributed by atoms with E-state index in [1.165, 1.54) is 0 Å². The standard InChI is InChI=1S/C16H23N3O3S/c1-21-13-7-6-11(10-14(13)22-2)8-9-17-16(23)19-18-15(20)12-4-3-5-12/h6-7,10,12H,3-5,8-9H2,1-2H3,(H,18,20)(H2,17,19,23). The second kappa shape index (κ2) is 8.57. The van der Waals surface area contributed by atoms with Crippen molar-refractivity contribution < 1.29 is 14.3 Å². The number of hydrogen-bond acceptors (Lipinski definition) is 4. The Morgan fingerprint density at radius 1 is 1.22 bits per heavy atom. The number of amides is 1. The molecule has 1 aliphatic carbocycles. The lowest BCUT2D eigenvalue weighted by atomic mass is 9.85. The Morgan fingerprint density at radius 2 is 1.96 bits per heavy atom. The summed E-state index contributed by atoms with van der Waals surface area (Å²) in [6.45, 7) is 0.653. The summed E-state index contributed by atoms with van der Waals surface area (Å²) in [5, 5.41) is 3.48. The van der Waals surface area contributed by atoms with Crippen LogP contribution in [0, 0.1) is 5.92 Å². The second-order valence-corrected chi connectivity index (χ2v) is 5.85. The summed E-state index contributed by atoms with van der Waals surface area (Å²) in [6.07, 6.45) is 3.84. The molecule has 0 unspecified atom stereocenters. The van der Waals surface area contributed by atoms with E-state index in [-0.39, 0.29) is 11.8 Å². The minimum absolute atomic E-state index is 0.0142. The zero-order chi connectivity index (χ0) is 16.7. The first-order valence-corrected chi connectivity index (χ1v) is 8.09. The van der Waals surface area contributed by atoms with Gasteiger partial charge in [0.05, 0.1) is 14.2 Å². The molecule has 7 heteroatoms. The highest BCUT2D eigenvalue weighted by molar-refractivity contribution is 7.80. The second-order valence-electron chi connectivity index (χ2n) is 5.44. The van der Waals surface area contributed by atoms with Gasteiger partial charge in [-0.2, -0.15) is 0 Å². The molecule has 0 bridgehead atoms. The van der Waals surface area contributed by atoms with Crippen LogP contribution in [0.1, 0.15) is 24.8 Å². The van der Waals surface area contributed by atoms with Crippen molar-refractivity contribution in [2.24, 2.45) is 5.92 Å². The SMILES string of the molecule is COc1ccc(CCNC(=S)NNC(=O)C2CCC2)cc1OC. The maximum atomic E-state index is 11.7. The van der Waals surface area contributed by atoms with E-state index in [0.717, 1.165) is 31.2 Å². The summed E-state index contributed by atoms with van der Waals surface area (Å²) in [5.41, 5.74) is 6.48. The fraction of sp³-hybridized carbons (Fsp3) is 0.500. The number of methoxy groups -OCH3 is 2. The van der Waals surface area contributed by atoms with E-state index >= 15 is 0 Å². The van der Waals surface area contributed by atoms with Crippen molar-refractivity contribution in [3.05, 3.63) is 23.8 Å². The first kappa shape index (κ1) is 17.3. The van der Waals surface area contributed by atoms with E-state index in [1.54, 1.807) is 14.2 Å². The summed E-state index contributed by atoms with van der Waals surface area (Å²) in [5.74, 6) is 1.57. The van der Waals surface area contributed by atoms with Crippen molar-refractivity contribution >= 4 is 23.2 Å². The molecule has 0 atom stereocenters.